The molecule has 0 amide bonds. The Morgan fingerprint density at radius 3 is 2.50 bits per heavy atom. The van der Waals surface area contributed by atoms with Crippen molar-refractivity contribution in [3.05, 3.63) is 24.3 Å². The van der Waals surface area contributed by atoms with Crippen LogP contribution in [0.25, 0.3) is 10.9 Å². The van der Waals surface area contributed by atoms with Crippen molar-refractivity contribution in [1.82, 2.24) is 9.88 Å². The third-order valence-electron chi connectivity index (χ3n) is 4.53. The molecule has 4 heteroatoms. The van der Waals surface area contributed by atoms with E-state index in [-0.39, 0.29) is 0 Å². The second-order valence-electron chi connectivity index (χ2n) is 5.88. The van der Waals surface area contributed by atoms with Crippen molar-refractivity contribution in [1.29, 1.82) is 0 Å². The largest absolute Gasteiger partial charge is 0.482 e. The molecule has 108 valence electrons. The van der Waals surface area contributed by atoms with E-state index in [0.717, 1.165) is 24.5 Å². The second-order valence-corrected chi connectivity index (χ2v) is 5.88. The van der Waals surface area contributed by atoms with E-state index in [1.807, 2.05) is 6.07 Å². The molecule has 2 unspecified atom stereocenters. The van der Waals surface area contributed by atoms with Gasteiger partial charge in [-0.15, -0.1) is 0 Å². The molecule has 1 aliphatic rings. The molecule has 2 atom stereocenters. The first kappa shape index (κ1) is 13.3. The van der Waals surface area contributed by atoms with E-state index in [0.29, 0.717) is 12.1 Å². The van der Waals surface area contributed by atoms with Gasteiger partial charge in [-0.1, -0.05) is 6.07 Å². The van der Waals surface area contributed by atoms with Crippen molar-refractivity contribution in [2.75, 3.05) is 32.1 Å². The van der Waals surface area contributed by atoms with Gasteiger partial charge in [0.2, 0.25) is 0 Å². The van der Waals surface area contributed by atoms with Gasteiger partial charge in [0.05, 0.1) is 12.6 Å². The Balaban J connectivity index is 1.90. The first-order valence-electron chi connectivity index (χ1n) is 7.22. The number of nitrogens with zero attached hydrogens (tertiary/aromatic N) is 2. The van der Waals surface area contributed by atoms with Crippen molar-refractivity contribution in [2.45, 2.75) is 25.9 Å². The topological polar surface area (TPSA) is 31.5 Å². The zero-order chi connectivity index (χ0) is 14.3. The number of H-pyrrole nitrogens is 1. The Bertz CT molecular complexity index is 595. The summed E-state index contributed by atoms with van der Waals surface area (Å²) in [6.45, 7) is 6.73. The van der Waals surface area contributed by atoms with Crippen LogP contribution in [0.3, 0.4) is 0 Å². The maximum absolute atomic E-state index is 5.26. The van der Waals surface area contributed by atoms with E-state index in [9.17, 15) is 0 Å². The smallest absolute Gasteiger partial charge is 0.191 e. The summed E-state index contributed by atoms with van der Waals surface area (Å²) in [5.41, 5.74) is 2.42. The molecule has 20 heavy (non-hydrogen) atoms. The van der Waals surface area contributed by atoms with Crippen LogP contribution in [0, 0.1) is 0 Å². The van der Waals surface area contributed by atoms with Crippen LogP contribution in [0.15, 0.2) is 24.3 Å². The van der Waals surface area contributed by atoms with E-state index < -0.39 is 0 Å². The highest BCUT2D eigenvalue weighted by atomic mass is 16.5. The molecule has 0 saturated carbocycles. The lowest BCUT2D eigenvalue weighted by molar-refractivity contribution is 0.170. The fraction of sp³-hybridized carbons (Fsp3) is 0.500. The maximum Gasteiger partial charge on any atom is 0.191 e. The number of piperazine rings is 1. The van der Waals surface area contributed by atoms with Crippen molar-refractivity contribution in [3.8, 4) is 5.88 Å². The molecule has 3 rings (SSSR count). The van der Waals surface area contributed by atoms with Crippen molar-refractivity contribution in [2.24, 2.45) is 0 Å². The molecular formula is C16H23N3O. The number of aromatic amines is 1. The van der Waals surface area contributed by atoms with Crippen molar-refractivity contribution >= 4 is 16.6 Å². The molecule has 1 saturated heterocycles. The molecular weight excluding hydrogens is 250 g/mol. The summed E-state index contributed by atoms with van der Waals surface area (Å²) in [6, 6.07) is 9.79. The number of hydrogen-bond donors (Lipinski definition) is 1. The minimum atomic E-state index is 0.577. The lowest BCUT2D eigenvalue weighted by Crippen LogP contribution is -2.55. The summed E-state index contributed by atoms with van der Waals surface area (Å²) in [7, 11) is 3.90. The molecule has 4 nitrogen and oxygen atoms in total. The van der Waals surface area contributed by atoms with Gasteiger partial charge in [0.1, 0.15) is 0 Å². The summed E-state index contributed by atoms with van der Waals surface area (Å²) in [4.78, 5) is 8.22. The lowest BCUT2D eigenvalue weighted by Gasteiger charge is -2.43. The Kier molecular flexibility index (Phi) is 3.34. The fourth-order valence-corrected chi connectivity index (χ4v) is 3.01. The molecule has 0 spiro atoms. The van der Waals surface area contributed by atoms with Gasteiger partial charge in [0.25, 0.3) is 0 Å². The number of rotatable bonds is 2. The van der Waals surface area contributed by atoms with Crippen molar-refractivity contribution < 1.29 is 4.74 Å². The fourth-order valence-electron chi connectivity index (χ4n) is 3.01. The first-order valence-corrected chi connectivity index (χ1v) is 7.22. The summed E-state index contributed by atoms with van der Waals surface area (Å²) in [6.07, 6.45) is 0. The minimum Gasteiger partial charge on any atom is -0.482 e. The molecule has 1 aliphatic heterocycles. The van der Waals surface area contributed by atoms with E-state index in [2.05, 4.69) is 53.9 Å². The molecule has 2 heterocycles. The molecule has 1 fully saturated rings. The summed E-state index contributed by atoms with van der Waals surface area (Å²) < 4.78 is 5.26. The number of aromatic nitrogens is 1. The predicted molar refractivity (Wildman–Crippen MR) is 83.8 cm³/mol. The van der Waals surface area contributed by atoms with Gasteiger partial charge < -0.3 is 14.6 Å². The second kappa shape index (κ2) is 5.02. The molecule has 1 N–H and O–H groups in total. The van der Waals surface area contributed by atoms with E-state index in [1.165, 1.54) is 11.1 Å². The van der Waals surface area contributed by atoms with Crippen LogP contribution in [-0.4, -0.2) is 49.2 Å². The van der Waals surface area contributed by atoms with Crippen LogP contribution in [0.4, 0.5) is 5.69 Å². The number of fused-ring (bicyclic) bond motifs is 1. The molecule has 1 aromatic carbocycles. The summed E-state index contributed by atoms with van der Waals surface area (Å²) in [5, 5.41) is 1.20. The quantitative estimate of drug-likeness (QED) is 0.913. The normalized spacial score (nSPS) is 24.3. The van der Waals surface area contributed by atoms with Gasteiger partial charge in [-0.3, -0.25) is 4.90 Å². The monoisotopic (exact) mass is 273 g/mol. The summed E-state index contributed by atoms with van der Waals surface area (Å²) in [5.74, 6) is 0.817. The number of benzene rings is 1. The van der Waals surface area contributed by atoms with E-state index in [4.69, 9.17) is 4.74 Å². The average molecular weight is 273 g/mol. The van der Waals surface area contributed by atoms with E-state index in [1.54, 1.807) is 7.11 Å². The summed E-state index contributed by atoms with van der Waals surface area (Å²) >= 11 is 0. The SMILES string of the molecule is COc1cc2ccc(N3CC(C)N(C)C(C)C3)cc2[nH]1. The highest BCUT2D eigenvalue weighted by Gasteiger charge is 2.26. The van der Waals surface area contributed by atoms with Crippen LogP contribution >= 0.6 is 0 Å². The third kappa shape index (κ3) is 2.24. The predicted octanol–water partition coefficient (Wildman–Crippen LogP) is 2.71. The highest BCUT2D eigenvalue weighted by Crippen LogP contribution is 2.27. The Labute approximate surface area is 120 Å². The van der Waals surface area contributed by atoms with Gasteiger partial charge in [-0.05, 0) is 33.0 Å². The zero-order valence-corrected chi connectivity index (χ0v) is 12.7. The van der Waals surface area contributed by atoms with Crippen LogP contribution in [0.2, 0.25) is 0 Å². The molecule has 1 aromatic heterocycles. The Hall–Kier alpha value is -1.68. The molecule has 0 bridgehead atoms. The van der Waals surface area contributed by atoms with Crippen LogP contribution in [0.5, 0.6) is 5.88 Å². The number of nitrogens with one attached hydrogen (secondary N) is 1. The number of hydrogen-bond acceptors (Lipinski definition) is 3. The van der Waals surface area contributed by atoms with Gasteiger partial charge in [0.15, 0.2) is 5.88 Å². The first-order chi connectivity index (χ1) is 9.58. The number of methoxy groups -OCH3 is 1. The lowest BCUT2D eigenvalue weighted by atomic mass is 10.1. The minimum absolute atomic E-state index is 0.577. The molecule has 0 aliphatic carbocycles. The zero-order valence-electron chi connectivity index (χ0n) is 12.7. The molecule has 2 aromatic rings. The van der Waals surface area contributed by atoms with Crippen LogP contribution in [-0.2, 0) is 0 Å². The van der Waals surface area contributed by atoms with Crippen LogP contribution < -0.4 is 9.64 Å². The van der Waals surface area contributed by atoms with Gasteiger partial charge in [-0.2, -0.15) is 0 Å². The van der Waals surface area contributed by atoms with Gasteiger partial charge in [-0.25, -0.2) is 0 Å². The number of ether oxygens (including phenoxy) is 1. The van der Waals surface area contributed by atoms with E-state index >= 15 is 0 Å². The standard InChI is InChI=1S/C16H23N3O/c1-11-9-19(10-12(2)18(11)3)14-6-5-13-7-16(20-4)17-15(13)8-14/h5-8,11-12,17H,9-10H2,1-4H3. The van der Waals surface area contributed by atoms with Crippen LogP contribution in [0.1, 0.15) is 13.8 Å². The van der Waals surface area contributed by atoms with Crippen molar-refractivity contribution in [3.63, 3.8) is 0 Å². The Morgan fingerprint density at radius 1 is 1.15 bits per heavy atom. The Morgan fingerprint density at radius 2 is 1.85 bits per heavy atom. The molecule has 0 radical (unpaired) electrons. The van der Waals surface area contributed by atoms with Gasteiger partial charge in [0, 0.05) is 42.3 Å². The van der Waals surface area contributed by atoms with Gasteiger partial charge >= 0.3 is 0 Å². The maximum atomic E-state index is 5.26. The average Bonchev–Trinajstić information content (AvgIpc) is 2.86. The third-order valence-corrected chi connectivity index (χ3v) is 4.53. The number of likely N-dealkylation sites (N-methyl/N-ethyl adjacent to an activating group) is 1. The highest BCUT2D eigenvalue weighted by molar-refractivity contribution is 5.84. The number of anilines is 1.